The van der Waals surface area contributed by atoms with Gasteiger partial charge in [-0.15, -0.1) is 0 Å². The molecule has 0 spiro atoms. The number of hydrogen-bond donors (Lipinski definition) is 2. The monoisotopic (exact) mass is 280 g/mol. The Kier molecular flexibility index (Phi) is 4.82. The quantitative estimate of drug-likeness (QED) is 0.884. The van der Waals surface area contributed by atoms with Crippen molar-refractivity contribution in [3.63, 3.8) is 0 Å². The Bertz CT molecular complexity index is 471. The van der Waals surface area contributed by atoms with Crippen molar-refractivity contribution >= 4 is 11.7 Å². The maximum absolute atomic E-state index is 13.3. The van der Waals surface area contributed by atoms with Gasteiger partial charge in [0.25, 0.3) is 0 Å². The van der Waals surface area contributed by atoms with Gasteiger partial charge < -0.3 is 15.4 Å². The first-order chi connectivity index (χ1) is 9.54. The number of carbonyl (C=O) groups is 1. The van der Waals surface area contributed by atoms with Crippen LogP contribution in [0.15, 0.2) is 18.2 Å². The van der Waals surface area contributed by atoms with E-state index in [-0.39, 0.29) is 18.2 Å². The fraction of sp³-hybridized carbons (Fsp3) is 0.533. The second kappa shape index (κ2) is 6.59. The van der Waals surface area contributed by atoms with Crippen molar-refractivity contribution in [1.29, 1.82) is 0 Å². The molecule has 1 aromatic carbocycles. The van der Waals surface area contributed by atoms with Crippen LogP contribution < -0.4 is 15.4 Å². The van der Waals surface area contributed by atoms with E-state index in [9.17, 15) is 9.18 Å². The van der Waals surface area contributed by atoms with Gasteiger partial charge in [-0.25, -0.2) is 9.18 Å². The van der Waals surface area contributed by atoms with E-state index in [1.54, 1.807) is 0 Å². The average molecular weight is 280 g/mol. The topological polar surface area (TPSA) is 50.4 Å². The lowest BCUT2D eigenvalue weighted by Gasteiger charge is -2.17. The van der Waals surface area contributed by atoms with Gasteiger partial charge in [-0.05, 0) is 38.8 Å². The highest BCUT2D eigenvalue weighted by Crippen LogP contribution is 2.26. The molecular weight excluding hydrogens is 259 g/mol. The van der Waals surface area contributed by atoms with Gasteiger partial charge in [0.15, 0.2) is 0 Å². The molecule has 1 saturated carbocycles. The number of benzene rings is 1. The van der Waals surface area contributed by atoms with Gasteiger partial charge in [0.05, 0.1) is 11.8 Å². The highest BCUT2D eigenvalue weighted by Gasteiger charge is 2.18. The van der Waals surface area contributed by atoms with Gasteiger partial charge in [-0.1, -0.05) is 12.8 Å². The molecule has 0 aromatic heterocycles. The van der Waals surface area contributed by atoms with Crippen molar-refractivity contribution < 1.29 is 13.9 Å². The molecule has 0 heterocycles. The SMILES string of the molecule is CC(C)Oc1ccc(F)cc1NC(=O)NC1CCCC1. The van der Waals surface area contributed by atoms with E-state index in [1.807, 2.05) is 13.8 Å². The molecule has 110 valence electrons. The molecule has 0 atom stereocenters. The number of amides is 2. The van der Waals surface area contributed by atoms with Crippen LogP contribution in [0.25, 0.3) is 0 Å². The molecule has 0 bridgehead atoms. The number of nitrogens with one attached hydrogen (secondary N) is 2. The molecule has 2 amide bonds. The minimum Gasteiger partial charge on any atom is -0.489 e. The summed E-state index contributed by atoms with van der Waals surface area (Å²) in [4.78, 5) is 11.9. The lowest BCUT2D eigenvalue weighted by molar-refractivity contribution is 0.240. The third-order valence-electron chi connectivity index (χ3n) is 3.24. The zero-order chi connectivity index (χ0) is 14.5. The number of rotatable bonds is 4. The van der Waals surface area contributed by atoms with Gasteiger partial charge >= 0.3 is 6.03 Å². The highest BCUT2D eigenvalue weighted by atomic mass is 19.1. The molecule has 0 aliphatic heterocycles. The fourth-order valence-corrected chi connectivity index (χ4v) is 2.37. The number of urea groups is 1. The maximum Gasteiger partial charge on any atom is 0.319 e. The Morgan fingerprint density at radius 3 is 2.70 bits per heavy atom. The average Bonchev–Trinajstić information content (AvgIpc) is 2.84. The second-order valence-electron chi connectivity index (χ2n) is 5.39. The highest BCUT2D eigenvalue weighted by molar-refractivity contribution is 5.91. The van der Waals surface area contributed by atoms with Crippen LogP contribution >= 0.6 is 0 Å². The molecule has 4 nitrogen and oxygen atoms in total. The summed E-state index contributed by atoms with van der Waals surface area (Å²) in [6, 6.07) is 4.03. The predicted octanol–water partition coefficient (Wildman–Crippen LogP) is 3.68. The van der Waals surface area contributed by atoms with Crippen molar-refractivity contribution in [1.82, 2.24) is 5.32 Å². The second-order valence-corrected chi connectivity index (χ2v) is 5.39. The maximum atomic E-state index is 13.3. The first-order valence-corrected chi connectivity index (χ1v) is 7.08. The Balaban J connectivity index is 2.02. The molecule has 0 radical (unpaired) electrons. The fourth-order valence-electron chi connectivity index (χ4n) is 2.37. The molecular formula is C15H21FN2O2. The zero-order valence-corrected chi connectivity index (χ0v) is 11.9. The van der Waals surface area contributed by atoms with Gasteiger partial charge in [0, 0.05) is 12.1 Å². The molecule has 0 saturated heterocycles. The summed E-state index contributed by atoms with van der Waals surface area (Å²) in [6.45, 7) is 3.76. The van der Waals surface area contributed by atoms with E-state index in [1.165, 1.54) is 18.2 Å². The molecule has 0 unspecified atom stereocenters. The Hall–Kier alpha value is -1.78. The minimum absolute atomic E-state index is 0.0427. The number of anilines is 1. The molecule has 2 rings (SSSR count). The van der Waals surface area contributed by atoms with E-state index in [4.69, 9.17) is 4.74 Å². The molecule has 1 aromatic rings. The van der Waals surface area contributed by atoms with Crippen LogP contribution in [0.4, 0.5) is 14.9 Å². The van der Waals surface area contributed by atoms with E-state index >= 15 is 0 Å². The summed E-state index contributed by atoms with van der Waals surface area (Å²) in [5.74, 6) is 0.0697. The first kappa shape index (κ1) is 14.6. The first-order valence-electron chi connectivity index (χ1n) is 7.08. The van der Waals surface area contributed by atoms with Crippen molar-refractivity contribution in [3.05, 3.63) is 24.0 Å². The largest absolute Gasteiger partial charge is 0.489 e. The van der Waals surface area contributed by atoms with Crippen LogP contribution in [-0.2, 0) is 0 Å². The number of halogens is 1. The summed E-state index contributed by atoms with van der Waals surface area (Å²) < 4.78 is 18.9. The van der Waals surface area contributed by atoms with E-state index in [0.717, 1.165) is 25.7 Å². The zero-order valence-electron chi connectivity index (χ0n) is 11.9. The third-order valence-corrected chi connectivity index (χ3v) is 3.24. The molecule has 1 aliphatic carbocycles. The smallest absolute Gasteiger partial charge is 0.319 e. The molecule has 5 heteroatoms. The van der Waals surface area contributed by atoms with Gasteiger partial charge in [0.2, 0.25) is 0 Å². The van der Waals surface area contributed by atoms with E-state index in [2.05, 4.69) is 10.6 Å². The third kappa shape index (κ3) is 4.11. The van der Waals surface area contributed by atoms with Gasteiger partial charge in [0.1, 0.15) is 11.6 Å². The van der Waals surface area contributed by atoms with Gasteiger partial charge in [-0.3, -0.25) is 0 Å². The van der Waals surface area contributed by atoms with Crippen LogP contribution in [0.5, 0.6) is 5.75 Å². The van der Waals surface area contributed by atoms with Crippen LogP contribution in [-0.4, -0.2) is 18.2 Å². The molecule has 2 N–H and O–H groups in total. The summed E-state index contributed by atoms with van der Waals surface area (Å²) >= 11 is 0. The van der Waals surface area contributed by atoms with Crippen LogP contribution in [0, 0.1) is 5.82 Å². The van der Waals surface area contributed by atoms with Crippen LogP contribution in [0.3, 0.4) is 0 Å². The molecule has 1 fully saturated rings. The van der Waals surface area contributed by atoms with Crippen molar-refractivity contribution in [3.8, 4) is 5.75 Å². The van der Waals surface area contributed by atoms with Crippen molar-refractivity contribution in [2.75, 3.05) is 5.32 Å². The summed E-state index contributed by atoms with van der Waals surface area (Å²) in [5.41, 5.74) is 0.356. The van der Waals surface area contributed by atoms with E-state index < -0.39 is 5.82 Å². The molecule has 1 aliphatic rings. The van der Waals surface area contributed by atoms with Crippen molar-refractivity contribution in [2.24, 2.45) is 0 Å². The number of carbonyl (C=O) groups excluding carboxylic acids is 1. The Morgan fingerprint density at radius 1 is 1.35 bits per heavy atom. The standard InChI is InChI=1S/C15H21FN2O2/c1-10(2)20-14-8-7-11(16)9-13(14)18-15(19)17-12-5-3-4-6-12/h7-10,12H,3-6H2,1-2H3,(H2,17,18,19). The van der Waals surface area contributed by atoms with E-state index in [0.29, 0.717) is 11.4 Å². The Labute approximate surface area is 118 Å². The Morgan fingerprint density at radius 2 is 2.05 bits per heavy atom. The molecule has 20 heavy (non-hydrogen) atoms. The minimum atomic E-state index is -0.405. The summed E-state index contributed by atoms with van der Waals surface area (Å²) in [5, 5.41) is 5.57. The normalized spacial score (nSPS) is 15.4. The lowest BCUT2D eigenvalue weighted by atomic mass is 10.2. The lowest BCUT2D eigenvalue weighted by Crippen LogP contribution is -2.36. The van der Waals surface area contributed by atoms with Crippen LogP contribution in [0.2, 0.25) is 0 Å². The number of hydrogen-bond acceptors (Lipinski definition) is 2. The number of ether oxygens (including phenoxy) is 1. The summed E-state index contributed by atoms with van der Waals surface area (Å²) in [6.07, 6.45) is 4.26. The van der Waals surface area contributed by atoms with Crippen molar-refractivity contribution in [2.45, 2.75) is 51.7 Å². The predicted molar refractivity (Wildman–Crippen MR) is 76.6 cm³/mol. The van der Waals surface area contributed by atoms with Crippen LogP contribution in [0.1, 0.15) is 39.5 Å². The summed E-state index contributed by atoms with van der Waals surface area (Å²) in [7, 11) is 0. The van der Waals surface area contributed by atoms with Gasteiger partial charge in [-0.2, -0.15) is 0 Å².